The number of carbonyl (C=O) groups is 2. The lowest BCUT2D eigenvalue weighted by Crippen LogP contribution is -2.39. The smallest absolute Gasteiger partial charge is 0.334 e. The van der Waals surface area contributed by atoms with Crippen molar-refractivity contribution in [2.45, 2.75) is 6.10 Å². The van der Waals surface area contributed by atoms with E-state index >= 15 is 0 Å². The van der Waals surface area contributed by atoms with Crippen LogP contribution in [0.25, 0.3) is 6.08 Å². The second-order valence-corrected chi connectivity index (χ2v) is 4.63. The molecule has 7 nitrogen and oxygen atoms in total. The predicted octanol–water partition coefficient (Wildman–Crippen LogP) is 0.687. The largest absolute Gasteiger partial charge is 0.497 e. The third-order valence-corrected chi connectivity index (χ3v) is 3.23. The van der Waals surface area contributed by atoms with Crippen LogP contribution in [0, 0.1) is 0 Å². The molecule has 1 aromatic carbocycles. The maximum atomic E-state index is 12.1. The zero-order valence-corrected chi connectivity index (χ0v) is 12.3. The molecule has 118 valence electrons. The van der Waals surface area contributed by atoms with Crippen LogP contribution in [-0.2, 0) is 14.3 Å². The Morgan fingerprint density at radius 1 is 1.41 bits per heavy atom. The fraction of sp³-hybridized carbons (Fsp3) is 0.333. The van der Waals surface area contributed by atoms with Crippen molar-refractivity contribution in [1.29, 1.82) is 0 Å². The number of aliphatic carboxylic acids is 1. The minimum atomic E-state index is -1.13. The number of carboxylic acid groups (broad SMARTS) is 1. The molecule has 1 unspecified atom stereocenters. The van der Waals surface area contributed by atoms with Gasteiger partial charge in [0.1, 0.15) is 18.1 Å². The average Bonchev–Trinajstić information content (AvgIpc) is 2.53. The quantitative estimate of drug-likeness (QED) is 0.803. The standard InChI is InChI=1S/C15H17NO6/c1-20-11-3-4-12-9(6-11)5-10(8-22-12)14(17)16-7-13(21-2)15(18)19/h3-6,13H,7-8H2,1-2H3,(H,16,17)(H,18,19). The number of nitrogens with one attached hydrogen (secondary N) is 1. The molecule has 0 aliphatic carbocycles. The van der Waals surface area contributed by atoms with Crippen LogP contribution in [0.3, 0.4) is 0 Å². The Bertz CT molecular complexity index is 610. The van der Waals surface area contributed by atoms with E-state index in [9.17, 15) is 9.59 Å². The highest BCUT2D eigenvalue weighted by atomic mass is 16.5. The summed E-state index contributed by atoms with van der Waals surface area (Å²) in [7, 11) is 2.83. The van der Waals surface area contributed by atoms with E-state index in [0.717, 1.165) is 5.56 Å². The lowest BCUT2D eigenvalue weighted by Gasteiger charge is -2.19. The first-order valence-electron chi connectivity index (χ1n) is 6.60. The van der Waals surface area contributed by atoms with Gasteiger partial charge < -0.3 is 24.6 Å². The molecule has 0 radical (unpaired) electrons. The fourth-order valence-electron chi connectivity index (χ4n) is 1.98. The molecule has 2 N–H and O–H groups in total. The molecule has 1 atom stereocenters. The van der Waals surface area contributed by atoms with Crippen molar-refractivity contribution in [3.8, 4) is 11.5 Å². The van der Waals surface area contributed by atoms with Crippen molar-refractivity contribution < 1.29 is 28.9 Å². The number of carboxylic acids is 1. The normalized spacial score (nSPS) is 14.2. The van der Waals surface area contributed by atoms with Crippen molar-refractivity contribution in [3.05, 3.63) is 29.3 Å². The van der Waals surface area contributed by atoms with Gasteiger partial charge in [-0.1, -0.05) is 0 Å². The summed E-state index contributed by atoms with van der Waals surface area (Å²) in [5.41, 5.74) is 1.14. The molecule has 0 spiro atoms. The SMILES string of the molecule is COc1ccc2c(c1)C=C(C(=O)NCC(OC)C(=O)O)CO2. The van der Waals surface area contributed by atoms with Crippen molar-refractivity contribution in [3.63, 3.8) is 0 Å². The van der Waals surface area contributed by atoms with Gasteiger partial charge in [0.25, 0.3) is 5.91 Å². The maximum absolute atomic E-state index is 12.1. The van der Waals surface area contributed by atoms with Gasteiger partial charge in [-0.05, 0) is 24.3 Å². The number of ether oxygens (including phenoxy) is 3. The lowest BCUT2D eigenvalue weighted by atomic mass is 10.1. The van der Waals surface area contributed by atoms with Crippen LogP contribution < -0.4 is 14.8 Å². The Balaban J connectivity index is 2.07. The number of hydrogen-bond acceptors (Lipinski definition) is 5. The summed E-state index contributed by atoms with van der Waals surface area (Å²) < 4.78 is 15.4. The number of amides is 1. The van der Waals surface area contributed by atoms with E-state index in [2.05, 4.69) is 5.32 Å². The molecule has 0 aromatic heterocycles. The first-order chi connectivity index (χ1) is 10.5. The minimum absolute atomic E-state index is 0.118. The molecule has 0 fully saturated rings. The lowest BCUT2D eigenvalue weighted by molar-refractivity contribution is -0.148. The van der Waals surface area contributed by atoms with Crippen molar-refractivity contribution in [2.24, 2.45) is 0 Å². The van der Waals surface area contributed by atoms with Crippen LogP contribution in [0.2, 0.25) is 0 Å². The first-order valence-corrected chi connectivity index (χ1v) is 6.60. The van der Waals surface area contributed by atoms with Gasteiger partial charge in [0.05, 0.1) is 19.2 Å². The Labute approximate surface area is 127 Å². The number of hydrogen-bond donors (Lipinski definition) is 2. The van der Waals surface area contributed by atoms with E-state index in [1.54, 1.807) is 31.4 Å². The molecule has 1 aliphatic heterocycles. The summed E-state index contributed by atoms with van der Waals surface area (Å²) in [6, 6.07) is 5.30. The maximum Gasteiger partial charge on any atom is 0.334 e. The molecule has 1 heterocycles. The average molecular weight is 307 g/mol. The Hall–Kier alpha value is -2.54. The molecule has 1 amide bonds. The molecule has 22 heavy (non-hydrogen) atoms. The number of fused-ring (bicyclic) bond motifs is 1. The van der Waals surface area contributed by atoms with Gasteiger partial charge in [0.15, 0.2) is 6.10 Å². The van der Waals surface area contributed by atoms with Crippen molar-refractivity contribution >= 4 is 18.0 Å². The number of rotatable bonds is 6. The van der Waals surface area contributed by atoms with E-state index < -0.39 is 18.0 Å². The van der Waals surface area contributed by atoms with Crippen molar-refractivity contribution in [2.75, 3.05) is 27.4 Å². The molecule has 0 saturated carbocycles. The van der Waals surface area contributed by atoms with E-state index in [-0.39, 0.29) is 13.2 Å². The number of methoxy groups -OCH3 is 2. The molecule has 2 rings (SSSR count). The van der Waals surface area contributed by atoms with Crippen LogP contribution in [0.15, 0.2) is 23.8 Å². The number of carbonyl (C=O) groups excluding carboxylic acids is 1. The highest BCUT2D eigenvalue weighted by Gasteiger charge is 2.21. The predicted molar refractivity (Wildman–Crippen MR) is 77.9 cm³/mol. The summed E-state index contributed by atoms with van der Waals surface area (Å²) in [4.78, 5) is 22.9. The van der Waals surface area contributed by atoms with Crippen LogP contribution in [0.4, 0.5) is 0 Å². The number of benzene rings is 1. The van der Waals surface area contributed by atoms with E-state index in [1.807, 2.05) is 0 Å². The highest BCUT2D eigenvalue weighted by molar-refractivity contribution is 5.99. The van der Waals surface area contributed by atoms with Gasteiger partial charge in [-0.15, -0.1) is 0 Å². The molecular weight excluding hydrogens is 290 g/mol. The van der Waals surface area contributed by atoms with Gasteiger partial charge in [0, 0.05) is 12.7 Å². The van der Waals surface area contributed by atoms with Crippen LogP contribution in [0.5, 0.6) is 11.5 Å². The van der Waals surface area contributed by atoms with E-state index in [1.165, 1.54) is 7.11 Å². The van der Waals surface area contributed by atoms with Crippen molar-refractivity contribution in [1.82, 2.24) is 5.32 Å². The summed E-state index contributed by atoms with van der Waals surface area (Å²) in [5.74, 6) is -0.202. The zero-order chi connectivity index (χ0) is 16.1. The van der Waals surface area contributed by atoms with Gasteiger partial charge >= 0.3 is 5.97 Å². The molecule has 1 aliphatic rings. The molecule has 0 saturated heterocycles. The topological polar surface area (TPSA) is 94.1 Å². The van der Waals surface area contributed by atoms with E-state index in [0.29, 0.717) is 17.1 Å². The fourth-order valence-corrected chi connectivity index (χ4v) is 1.98. The van der Waals surface area contributed by atoms with E-state index in [4.69, 9.17) is 19.3 Å². The van der Waals surface area contributed by atoms with Crippen LogP contribution >= 0.6 is 0 Å². The Morgan fingerprint density at radius 3 is 2.82 bits per heavy atom. The van der Waals surface area contributed by atoms with Crippen LogP contribution in [0.1, 0.15) is 5.56 Å². The molecule has 7 heteroatoms. The third kappa shape index (κ3) is 3.56. The van der Waals surface area contributed by atoms with Gasteiger partial charge in [0.2, 0.25) is 0 Å². The van der Waals surface area contributed by atoms with Crippen LogP contribution in [-0.4, -0.2) is 50.5 Å². The summed E-state index contributed by atoms with van der Waals surface area (Å²) >= 11 is 0. The van der Waals surface area contributed by atoms with Gasteiger partial charge in [-0.2, -0.15) is 0 Å². The molecular formula is C15H17NO6. The molecule has 0 bridgehead atoms. The third-order valence-electron chi connectivity index (χ3n) is 3.23. The summed E-state index contributed by atoms with van der Waals surface area (Å²) in [5, 5.41) is 11.4. The molecule has 1 aromatic rings. The second-order valence-electron chi connectivity index (χ2n) is 4.63. The Morgan fingerprint density at radius 2 is 2.18 bits per heavy atom. The highest BCUT2D eigenvalue weighted by Crippen LogP contribution is 2.29. The summed E-state index contributed by atoms with van der Waals surface area (Å²) in [6.45, 7) is 0.00283. The minimum Gasteiger partial charge on any atom is -0.497 e. The first kappa shape index (κ1) is 15.8. The second kappa shape index (κ2) is 6.95. The monoisotopic (exact) mass is 307 g/mol. The summed E-state index contributed by atoms with van der Waals surface area (Å²) in [6.07, 6.45) is 0.612. The van der Waals surface area contributed by atoms with Gasteiger partial charge in [-0.25, -0.2) is 4.79 Å². The Kier molecular flexibility index (Phi) is 5.00. The zero-order valence-electron chi connectivity index (χ0n) is 12.3. The van der Waals surface area contributed by atoms with Gasteiger partial charge in [-0.3, -0.25) is 4.79 Å².